The van der Waals surface area contributed by atoms with Crippen LogP contribution >= 0.6 is 0 Å². The third-order valence-corrected chi connectivity index (χ3v) is 3.04. The van der Waals surface area contributed by atoms with Crippen LogP contribution in [0.5, 0.6) is 0 Å². The smallest absolute Gasteiger partial charge is 0.125 e. The van der Waals surface area contributed by atoms with E-state index in [-0.39, 0.29) is 29.7 Å². The van der Waals surface area contributed by atoms with Crippen LogP contribution in [0.25, 0.3) is 0 Å². The van der Waals surface area contributed by atoms with Crippen LogP contribution in [0.3, 0.4) is 0 Å². The normalized spacial score (nSPS) is 7.93. The fraction of sp³-hybridized carbons (Fsp3) is 0.417. The molecule has 4 heteroatoms. The van der Waals surface area contributed by atoms with E-state index in [9.17, 15) is 0 Å². The van der Waals surface area contributed by atoms with E-state index >= 15 is 0 Å². The molecule has 0 unspecified atom stereocenters. The third kappa shape index (κ3) is 15.6. The molecule has 4 nitrogen and oxygen atoms in total. The van der Waals surface area contributed by atoms with Gasteiger partial charge in [-0.1, -0.05) is 65.1 Å². The number of rotatable bonds is 0. The molecule has 0 amide bonds. The summed E-state index contributed by atoms with van der Waals surface area (Å²) in [5.41, 5.74) is 4.87. The monoisotopic (exact) mass is 386 g/mol. The Kier molecular flexibility index (Phi) is 21.0. The van der Waals surface area contributed by atoms with Gasteiger partial charge in [0.05, 0.1) is 0 Å². The van der Waals surface area contributed by atoms with E-state index in [1.54, 1.807) is 0 Å². The number of benzene rings is 1. The van der Waals surface area contributed by atoms with Crippen molar-refractivity contribution in [2.45, 2.75) is 71.2 Å². The molecule has 0 aliphatic heterocycles. The first kappa shape index (κ1) is 33.0. The molecule has 0 spiro atoms. The summed E-state index contributed by atoms with van der Waals surface area (Å²) in [7, 11) is 0. The molecule has 0 bridgehead atoms. The van der Waals surface area contributed by atoms with Gasteiger partial charge in [-0.05, 0) is 52.7 Å². The summed E-state index contributed by atoms with van der Waals surface area (Å²) < 4.78 is 0. The molecule has 3 rings (SSSR count). The van der Waals surface area contributed by atoms with Crippen molar-refractivity contribution in [3.63, 3.8) is 0 Å². The van der Waals surface area contributed by atoms with Crippen LogP contribution in [0.15, 0.2) is 49.1 Å². The van der Waals surface area contributed by atoms with Crippen molar-refractivity contribution in [2.24, 2.45) is 0 Å². The van der Waals surface area contributed by atoms with Gasteiger partial charge in [-0.2, -0.15) is 0 Å². The molecule has 0 radical (unpaired) electrons. The fourth-order valence-corrected chi connectivity index (χ4v) is 1.55. The predicted octanol–water partition coefficient (Wildman–Crippen LogP) is 7.03. The first-order chi connectivity index (χ1) is 11.4. The summed E-state index contributed by atoms with van der Waals surface area (Å²) in [5, 5.41) is 0. The maximum atomic E-state index is 3.97. The first-order valence-electron chi connectivity index (χ1n) is 7.90. The van der Waals surface area contributed by atoms with Gasteiger partial charge in [0.2, 0.25) is 0 Å². The molecule has 0 fully saturated rings. The number of hydrogen-bond donors (Lipinski definition) is 0. The van der Waals surface area contributed by atoms with Crippen LogP contribution in [-0.2, 0) is 0 Å². The van der Waals surface area contributed by atoms with Crippen molar-refractivity contribution >= 4 is 0 Å². The van der Waals surface area contributed by atoms with Crippen molar-refractivity contribution in [1.82, 2.24) is 19.9 Å². The van der Waals surface area contributed by atoms with Gasteiger partial charge >= 0.3 is 0 Å². The van der Waals surface area contributed by atoms with E-state index in [0.29, 0.717) is 0 Å². The molecular formula is C24H42N4. The second kappa shape index (κ2) is 17.8. The van der Waals surface area contributed by atoms with Gasteiger partial charge in [0.25, 0.3) is 0 Å². The van der Waals surface area contributed by atoms with Crippen LogP contribution in [0, 0.1) is 41.5 Å². The molecule has 1 aromatic carbocycles. The first-order valence-corrected chi connectivity index (χ1v) is 7.90. The van der Waals surface area contributed by atoms with Crippen LogP contribution in [0.2, 0.25) is 0 Å². The zero-order valence-electron chi connectivity index (χ0n) is 15.4. The van der Waals surface area contributed by atoms with E-state index in [0.717, 1.165) is 22.8 Å². The maximum absolute atomic E-state index is 3.97. The maximum Gasteiger partial charge on any atom is 0.125 e. The third-order valence-electron chi connectivity index (χ3n) is 3.04. The molecule has 0 aliphatic carbocycles. The van der Waals surface area contributed by atoms with Gasteiger partial charge in [0.1, 0.15) is 11.6 Å². The average molecular weight is 387 g/mol. The minimum absolute atomic E-state index is 0. The lowest BCUT2D eigenvalue weighted by Gasteiger charge is -1.90. The lowest BCUT2D eigenvalue weighted by atomic mass is 10.2. The Balaban J connectivity index is -0.000000144. The summed E-state index contributed by atoms with van der Waals surface area (Å²) >= 11 is 0. The van der Waals surface area contributed by atoms with Gasteiger partial charge in [-0.15, -0.1) is 0 Å². The molecule has 3 aromatic rings. The van der Waals surface area contributed by atoms with Crippen molar-refractivity contribution in [2.75, 3.05) is 0 Å². The van der Waals surface area contributed by atoms with E-state index in [4.69, 9.17) is 0 Å². The number of hydrogen-bond acceptors (Lipinski definition) is 4. The molecule has 0 saturated heterocycles. The van der Waals surface area contributed by atoms with Crippen LogP contribution in [0.1, 0.15) is 63.6 Å². The number of nitrogens with zero attached hydrogens (tertiary/aromatic N) is 4. The summed E-state index contributed by atoms with van der Waals surface area (Å²) in [5.74, 6) is 1.66. The molecule has 28 heavy (non-hydrogen) atoms. The summed E-state index contributed by atoms with van der Waals surface area (Å²) in [6, 6.07) is 8.48. The van der Waals surface area contributed by atoms with Crippen molar-refractivity contribution in [1.29, 1.82) is 0 Å². The Bertz CT molecular complexity index is 537. The van der Waals surface area contributed by atoms with E-state index < -0.39 is 0 Å². The highest BCUT2D eigenvalue weighted by Gasteiger charge is 1.83. The Labute approximate surface area is 174 Å². The Morgan fingerprint density at radius 3 is 0.786 bits per heavy atom. The minimum atomic E-state index is 0. The Hall–Kier alpha value is -2.62. The summed E-state index contributed by atoms with van der Waals surface area (Å²) in [4.78, 5) is 15.9. The summed E-state index contributed by atoms with van der Waals surface area (Å²) in [6.07, 6.45) is 7.23. The average Bonchev–Trinajstić information content (AvgIpc) is 2.57. The van der Waals surface area contributed by atoms with Crippen LogP contribution in [-0.4, -0.2) is 19.9 Å². The van der Waals surface area contributed by atoms with Crippen molar-refractivity contribution in [3.8, 4) is 0 Å². The highest BCUT2D eigenvalue weighted by Crippen LogP contribution is 1.99. The molecule has 0 atom stereocenters. The van der Waals surface area contributed by atoms with E-state index in [1.807, 2.05) is 52.5 Å². The highest BCUT2D eigenvalue weighted by molar-refractivity contribution is 5.19. The SMILES string of the molecule is C.C.C.C.Cc1ccc(C)cc1.Cc1cnc(C)nc1.Cc1cnc(C)nc1. The number of aryl methyl sites for hydroxylation is 6. The molecular weight excluding hydrogens is 344 g/mol. The lowest BCUT2D eigenvalue weighted by Crippen LogP contribution is -1.84. The molecule has 0 aliphatic rings. The molecule has 2 heterocycles. The number of aromatic nitrogens is 4. The highest BCUT2D eigenvalue weighted by atomic mass is 14.8. The zero-order valence-corrected chi connectivity index (χ0v) is 15.4. The topological polar surface area (TPSA) is 51.6 Å². The molecule has 0 N–H and O–H groups in total. The van der Waals surface area contributed by atoms with Gasteiger partial charge < -0.3 is 0 Å². The second-order valence-corrected chi connectivity index (χ2v) is 5.77. The molecule has 158 valence electrons. The standard InChI is InChI=1S/C8H10.2C6H8N2.4CH4/c1-7-3-5-8(2)6-4-7;2*1-5-3-7-6(2)8-4-5;;;;/h3-6H,1-2H3;2*3-4H,1-2H3;4*1H4. The quantitative estimate of drug-likeness (QED) is 0.416. The lowest BCUT2D eigenvalue weighted by molar-refractivity contribution is 1.03. The fourth-order valence-electron chi connectivity index (χ4n) is 1.55. The van der Waals surface area contributed by atoms with Gasteiger partial charge in [0.15, 0.2) is 0 Å². The molecule has 0 saturated carbocycles. The van der Waals surface area contributed by atoms with Gasteiger partial charge in [-0.3, -0.25) is 0 Å². The zero-order chi connectivity index (χ0) is 17.9. The largest absolute Gasteiger partial charge is 0.241 e. The van der Waals surface area contributed by atoms with E-state index in [2.05, 4.69) is 58.0 Å². The van der Waals surface area contributed by atoms with E-state index in [1.165, 1.54) is 11.1 Å². The summed E-state index contributed by atoms with van der Waals surface area (Å²) in [6.45, 7) is 11.9. The van der Waals surface area contributed by atoms with Gasteiger partial charge in [0, 0.05) is 24.8 Å². The Morgan fingerprint density at radius 2 is 0.607 bits per heavy atom. The molecule has 2 aromatic heterocycles. The minimum Gasteiger partial charge on any atom is -0.241 e. The van der Waals surface area contributed by atoms with Gasteiger partial charge in [-0.25, -0.2) is 19.9 Å². The second-order valence-electron chi connectivity index (χ2n) is 5.77. The Morgan fingerprint density at radius 1 is 0.393 bits per heavy atom. The van der Waals surface area contributed by atoms with Crippen LogP contribution < -0.4 is 0 Å². The predicted molar refractivity (Wildman–Crippen MR) is 126 cm³/mol. The van der Waals surface area contributed by atoms with Crippen LogP contribution in [0.4, 0.5) is 0 Å². The van der Waals surface area contributed by atoms with Crippen molar-refractivity contribution < 1.29 is 0 Å². The van der Waals surface area contributed by atoms with Crippen molar-refractivity contribution in [3.05, 3.63) is 83.0 Å².